The highest BCUT2D eigenvalue weighted by molar-refractivity contribution is 5.81. The smallest absolute Gasteiger partial charge is 0.307 e. The van der Waals surface area contributed by atoms with Gasteiger partial charge in [-0.25, -0.2) is 15.0 Å². The lowest BCUT2D eigenvalue weighted by molar-refractivity contribution is -0.144. The normalized spacial score (nSPS) is 10.6. The van der Waals surface area contributed by atoms with Gasteiger partial charge in [0.1, 0.15) is 11.8 Å². The Kier molecular flexibility index (Phi) is 18.8. The summed E-state index contributed by atoms with van der Waals surface area (Å²) in [6, 6.07) is 0. The van der Waals surface area contributed by atoms with Crippen LogP contribution < -0.4 is 5.73 Å². The zero-order valence-corrected chi connectivity index (χ0v) is 24.9. The van der Waals surface area contributed by atoms with Crippen molar-refractivity contribution in [3.05, 3.63) is 12.7 Å². The van der Waals surface area contributed by atoms with Crippen molar-refractivity contribution in [2.75, 3.05) is 12.3 Å². The van der Waals surface area contributed by atoms with Crippen LogP contribution in [0.1, 0.15) is 135 Å². The fraction of sp³-hybridized carbons (Fsp3) is 0.697. The van der Waals surface area contributed by atoms with Gasteiger partial charge in [-0.2, -0.15) is 0 Å². The van der Waals surface area contributed by atoms with E-state index in [1.54, 1.807) is 10.9 Å². The Morgan fingerprint density at radius 2 is 1.32 bits per heavy atom. The molecule has 0 radical (unpaired) electrons. The van der Waals surface area contributed by atoms with Crippen molar-refractivity contribution in [1.82, 2.24) is 19.5 Å². The van der Waals surface area contributed by atoms with E-state index in [1.165, 1.54) is 96.2 Å². The summed E-state index contributed by atoms with van der Waals surface area (Å²) in [6.45, 7) is 3.21. The molecular formula is C33H51N5O2. The Morgan fingerprint density at radius 1 is 0.775 bits per heavy atom. The molecule has 0 fully saturated rings. The fourth-order valence-corrected chi connectivity index (χ4v) is 4.65. The molecule has 0 aliphatic carbocycles. The molecule has 0 aromatic carbocycles. The molecule has 0 saturated carbocycles. The maximum atomic E-state index is 12.0. The highest BCUT2D eigenvalue weighted by atomic mass is 16.5. The van der Waals surface area contributed by atoms with Gasteiger partial charge in [-0.05, 0) is 31.1 Å². The van der Waals surface area contributed by atoms with Crippen LogP contribution in [0.25, 0.3) is 11.2 Å². The minimum atomic E-state index is -0.200. The highest BCUT2D eigenvalue weighted by Gasteiger charge is 2.10. The van der Waals surface area contributed by atoms with E-state index in [2.05, 4.69) is 45.6 Å². The maximum absolute atomic E-state index is 12.0. The van der Waals surface area contributed by atoms with E-state index < -0.39 is 0 Å². The number of hydrogen-bond acceptors (Lipinski definition) is 6. The first-order valence-corrected chi connectivity index (χ1v) is 15.7. The molecular weight excluding hydrogens is 498 g/mol. The number of esters is 1. The van der Waals surface area contributed by atoms with E-state index in [9.17, 15) is 4.79 Å². The summed E-state index contributed by atoms with van der Waals surface area (Å²) in [5.41, 5.74) is 6.99. The van der Waals surface area contributed by atoms with E-state index >= 15 is 0 Å². The zero-order valence-electron chi connectivity index (χ0n) is 24.9. The maximum Gasteiger partial charge on any atom is 0.307 e. The van der Waals surface area contributed by atoms with Gasteiger partial charge >= 0.3 is 5.97 Å². The second-order valence-electron chi connectivity index (χ2n) is 10.6. The number of ether oxygens (including phenoxy) is 1. The molecule has 2 aromatic heterocycles. The third-order valence-corrected chi connectivity index (χ3v) is 7.09. The Balaban J connectivity index is 1.32. The zero-order chi connectivity index (χ0) is 28.5. The SMILES string of the molecule is CCCCCCCCCCCCC#CC#CCCCCCCCCCOC(=O)CCn1cnc2c(N)ncnc21. The molecule has 0 unspecified atom stereocenters. The standard InChI is InChI=1S/C33H51N5O2/c1-2-3-4-5-6-7-8-9-10-11-12-13-14-15-16-17-18-19-20-21-22-23-24-27-40-30(39)25-26-38-29-37-31-32(34)35-28-36-33(31)38/h28-29H,2-12,17-27H2,1H3,(H2,34,35,36). The molecule has 0 amide bonds. The van der Waals surface area contributed by atoms with Crippen molar-refractivity contribution in [1.29, 1.82) is 0 Å². The summed E-state index contributed by atoms with van der Waals surface area (Å²) in [4.78, 5) is 24.4. The van der Waals surface area contributed by atoms with Crippen molar-refractivity contribution < 1.29 is 9.53 Å². The molecule has 0 spiro atoms. The van der Waals surface area contributed by atoms with Crippen LogP contribution >= 0.6 is 0 Å². The van der Waals surface area contributed by atoms with E-state index in [0.29, 0.717) is 30.1 Å². The lowest BCUT2D eigenvalue weighted by atomic mass is 10.1. The third kappa shape index (κ3) is 15.5. The first kappa shape index (κ1) is 33.1. The molecule has 2 heterocycles. The number of nitrogen functional groups attached to an aromatic ring is 1. The van der Waals surface area contributed by atoms with Gasteiger partial charge in [0.05, 0.1) is 19.4 Å². The van der Waals surface area contributed by atoms with E-state index in [0.717, 1.165) is 32.1 Å². The highest BCUT2D eigenvalue weighted by Crippen LogP contribution is 2.15. The lowest BCUT2D eigenvalue weighted by Gasteiger charge is -2.06. The molecule has 220 valence electrons. The average Bonchev–Trinajstić information content (AvgIpc) is 3.38. The summed E-state index contributed by atoms with van der Waals surface area (Å²) < 4.78 is 7.17. The van der Waals surface area contributed by atoms with Crippen LogP contribution in [0, 0.1) is 23.7 Å². The molecule has 0 aliphatic rings. The van der Waals surface area contributed by atoms with Crippen LogP contribution in [0.2, 0.25) is 0 Å². The molecule has 0 bridgehead atoms. The van der Waals surface area contributed by atoms with Crippen molar-refractivity contribution >= 4 is 23.0 Å². The molecule has 40 heavy (non-hydrogen) atoms. The molecule has 0 aliphatic heterocycles. The van der Waals surface area contributed by atoms with E-state index in [-0.39, 0.29) is 12.4 Å². The number of carbonyl (C=O) groups excluding carboxylic acids is 1. The second kappa shape index (κ2) is 22.7. The Morgan fingerprint density at radius 3 is 1.93 bits per heavy atom. The van der Waals surface area contributed by atoms with E-state index in [4.69, 9.17) is 10.5 Å². The predicted octanol–water partition coefficient (Wildman–Crippen LogP) is 7.78. The number of hydrogen-bond donors (Lipinski definition) is 1. The number of aryl methyl sites for hydroxylation is 1. The summed E-state index contributed by atoms with van der Waals surface area (Å²) in [5.74, 6) is 12.6. The van der Waals surface area contributed by atoms with Gasteiger partial charge in [-0.15, -0.1) is 0 Å². The largest absolute Gasteiger partial charge is 0.466 e. The number of anilines is 1. The number of nitrogens with two attached hydrogens (primary N) is 1. The lowest BCUT2D eigenvalue weighted by Crippen LogP contribution is -2.10. The van der Waals surface area contributed by atoms with Crippen LogP contribution in [-0.4, -0.2) is 32.1 Å². The number of carbonyl (C=O) groups is 1. The summed E-state index contributed by atoms with van der Waals surface area (Å²) in [7, 11) is 0. The van der Waals surface area contributed by atoms with Gasteiger partial charge in [-0.1, -0.05) is 109 Å². The van der Waals surface area contributed by atoms with Crippen molar-refractivity contribution in [2.45, 2.75) is 142 Å². The quantitative estimate of drug-likeness (QED) is 0.0915. The number of unbranched alkanes of at least 4 members (excludes halogenated alkanes) is 17. The van der Waals surface area contributed by atoms with Gasteiger partial charge in [0.25, 0.3) is 0 Å². The summed E-state index contributed by atoms with van der Waals surface area (Å²) >= 11 is 0. The minimum absolute atomic E-state index is 0.200. The molecule has 2 aromatic rings. The van der Waals surface area contributed by atoms with Crippen LogP contribution in [-0.2, 0) is 16.1 Å². The number of aromatic nitrogens is 4. The Labute approximate surface area is 242 Å². The predicted molar refractivity (Wildman–Crippen MR) is 164 cm³/mol. The molecule has 7 nitrogen and oxygen atoms in total. The minimum Gasteiger partial charge on any atom is -0.466 e. The Bertz CT molecular complexity index is 1070. The molecule has 2 N–H and O–H groups in total. The van der Waals surface area contributed by atoms with Crippen LogP contribution in [0.3, 0.4) is 0 Å². The van der Waals surface area contributed by atoms with Crippen molar-refractivity contribution in [3.8, 4) is 23.7 Å². The second-order valence-corrected chi connectivity index (χ2v) is 10.6. The summed E-state index contributed by atoms with van der Waals surface area (Å²) in [5, 5.41) is 0. The Hall–Kier alpha value is -3.06. The molecule has 0 atom stereocenters. The molecule has 0 saturated heterocycles. The topological polar surface area (TPSA) is 95.9 Å². The number of rotatable bonds is 22. The molecule has 2 rings (SSSR count). The molecule has 7 heteroatoms. The van der Waals surface area contributed by atoms with Crippen LogP contribution in [0.5, 0.6) is 0 Å². The monoisotopic (exact) mass is 549 g/mol. The van der Waals surface area contributed by atoms with Crippen molar-refractivity contribution in [2.24, 2.45) is 0 Å². The number of nitrogens with zero attached hydrogens (tertiary/aromatic N) is 4. The van der Waals surface area contributed by atoms with Gasteiger partial charge in [0.2, 0.25) is 0 Å². The van der Waals surface area contributed by atoms with Crippen molar-refractivity contribution in [3.63, 3.8) is 0 Å². The van der Waals surface area contributed by atoms with Gasteiger partial charge in [-0.3, -0.25) is 4.79 Å². The van der Waals surface area contributed by atoms with Crippen LogP contribution in [0.15, 0.2) is 12.7 Å². The number of fused-ring (bicyclic) bond motifs is 1. The first-order valence-electron chi connectivity index (χ1n) is 15.7. The summed E-state index contributed by atoms with van der Waals surface area (Å²) in [6.07, 6.45) is 26.9. The average molecular weight is 550 g/mol. The first-order chi connectivity index (χ1) is 19.7. The number of imidazole rings is 1. The fourth-order valence-electron chi connectivity index (χ4n) is 4.65. The van der Waals surface area contributed by atoms with Gasteiger partial charge in [0.15, 0.2) is 11.5 Å². The third-order valence-electron chi connectivity index (χ3n) is 7.09. The van der Waals surface area contributed by atoms with Gasteiger partial charge in [0, 0.05) is 19.4 Å². The van der Waals surface area contributed by atoms with E-state index in [1.807, 2.05) is 0 Å². The van der Waals surface area contributed by atoms with Gasteiger partial charge < -0.3 is 15.0 Å². The van der Waals surface area contributed by atoms with Crippen LogP contribution in [0.4, 0.5) is 5.82 Å².